The quantitative estimate of drug-likeness (QED) is 0.870. The van der Waals surface area contributed by atoms with Crippen molar-refractivity contribution in [3.05, 3.63) is 42.0 Å². The van der Waals surface area contributed by atoms with Gasteiger partial charge in [0.05, 0.1) is 17.3 Å². The molecule has 6 heteroatoms. The van der Waals surface area contributed by atoms with Gasteiger partial charge in [0, 0.05) is 38.1 Å². The number of rotatable bonds is 3. The molecule has 22 heavy (non-hydrogen) atoms. The first-order valence-corrected chi connectivity index (χ1v) is 7.78. The van der Waals surface area contributed by atoms with Crippen molar-refractivity contribution in [2.75, 3.05) is 13.1 Å². The third-order valence-electron chi connectivity index (χ3n) is 4.28. The molecule has 3 heterocycles. The largest absolute Gasteiger partial charge is 0.336 e. The normalized spacial score (nSPS) is 18.5. The van der Waals surface area contributed by atoms with Crippen LogP contribution in [0.15, 0.2) is 24.9 Å². The minimum absolute atomic E-state index is 0.0287. The maximum atomic E-state index is 12.7. The van der Waals surface area contributed by atoms with Crippen molar-refractivity contribution in [1.82, 2.24) is 24.4 Å². The summed E-state index contributed by atoms with van der Waals surface area (Å²) < 4.78 is 2.22. The molecule has 116 valence electrons. The van der Waals surface area contributed by atoms with E-state index in [4.69, 9.17) is 0 Å². The Morgan fingerprint density at radius 1 is 1.41 bits per heavy atom. The zero-order chi connectivity index (χ0) is 15.5. The maximum Gasteiger partial charge on any atom is 0.257 e. The van der Waals surface area contributed by atoms with Gasteiger partial charge in [0.25, 0.3) is 5.91 Å². The Hall–Kier alpha value is -2.24. The van der Waals surface area contributed by atoms with Crippen molar-refractivity contribution in [3.8, 4) is 0 Å². The molecule has 0 aromatic carbocycles. The van der Waals surface area contributed by atoms with E-state index in [-0.39, 0.29) is 5.91 Å². The number of carbonyl (C=O) groups is 1. The third-order valence-corrected chi connectivity index (χ3v) is 4.28. The molecule has 0 aliphatic carbocycles. The molecule has 1 atom stereocenters. The van der Waals surface area contributed by atoms with Gasteiger partial charge in [-0.3, -0.25) is 4.79 Å². The second-order valence-electron chi connectivity index (χ2n) is 5.67. The number of nitrogens with zero attached hydrogens (tertiary/aromatic N) is 5. The molecule has 2 aromatic rings. The second-order valence-corrected chi connectivity index (χ2v) is 5.67. The molecular weight excluding hydrogens is 278 g/mol. The smallest absolute Gasteiger partial charge is 0.257 e. The summed E-state index contributed by atoms with van der Waals surface area (Å²) in [5.41, 5.74) is 1.34. The van der Waals surface area contributed by atoms with Crippen LogP contribution >= 0.6 is 0 Å². The molecule has 1 aliphatic rings. The van der Waals surface area contributed by atoms with Gasteiger partial charge in [-0.05, 0) is 19.8 Å². The number of aromatic nitrogens is 4. The van der Waals surface area contributed by atoms with Crippen LogP contribution in [0.3, 0.4) is 0 Å². The van der Waals surface area contributed by atoms with E-state index in [0.29, 0.717) is 11.6 Å². The monoisotopic (exact) mass is 299 g/mol. The fraction of sp³-hybridized carbons (Fsp3) is 0.500. The number of carbonyl (C=O) groups excluding carboxylic acids is 1. The summed E-state index contributed by atoms with van der Waals surface area (Å²) in [6.07, 6.45) is 9.95. The first kappa shape index (κ1) is 14.7. The Bertz CT molecular complexity index is 666. The second kappa shape index (κ2) is 6.25. The van der Waals surface area contributed by atoms with E-state index in [1.54, 1.807) is 6.20 Å². The average molecular weight is 299 g/mol. The highest BCUT2D eigenvalue weighted by atomic mass is 16.2. The topological polar surface area (TPSA) is 63.9 Å². The van der Waals surface area contributed by atoms with E-state index in [1.165, 1.54) is 6.33 Å². The van der Waals surface area contributed by atoms with E-state index in [1.807, 2.05) is 24.2 Å². The van der Waals surface area contributed by atoms with Crippen LogP contribution in [0.5, 0.6) is 0 Å². The fourth-order valence-corrected chi connectivity index (χ4v) is 3.09. The first-order chi connectivity index (χ1) is 10.7. The van der Waals surface area contributed by atoms with Crippen LogP contribution in [0.1, 0.15) is 47.7 Å². The van der Waals surface area contributed by atoms with Gasteiger partial charge in [-0.2, -0.15) is 0 Å². The lowest BCUT2D eigenvalue weighted by molar-refractivity contribution is 0.0676. The maximum absolute atomic E-state index is 12.7. The molecule has 0 radical (unpaired) electrons. The van der Waals surface area contributed by atoms with Crippen molar-refractivity contribution in [2.45, 2.75) is 39.2 Å². The molecule has 1 saturated heterocycles. The number of likely N-dealkylation sites (tertiary alicyclic amines) is 1. The van der Waals surface area contributed by atoms with E-state index >= 15 is 0 Å². The third kappa shape index (κ3) is 2.73. The number of amides is 1. The van der Waals surface area contributed by atoms with Crippen LogP contribution in [-0.4, -0.2) is 43.4 Å². The molecule has 6 nitrogen and oxygen atoms in total. The number of imidazole rings is 1. The Morgan fingerprint density at radius 2 is 2.27 bits per heavy atom. The SMILES string of the molecule is CCc1nccn1[C@@H]1CCCN(C(=O)c2cncnc2C)C1. The Kier molecular flexibility index (Phi) is 4.18. The zero-order valence-corrected chi connectivity index (χ0v) is 13.1. The molecule has 1 fully saturated rings. The van der Waals surface area contributed by atoms with Gasteiger partial charge >= 0.3 is 0 Å². The van der Waals surface area contributed by atoms with Crippen LogP contribution in [0.2, 0.25) is 0 Å². The van der Waals surface area contributed by atoms with E-state index in [9.17, 15) is 4.79 Å². The average Bonchev–Trinajstić information content (AvgIpc) is 3.03. The summed E-state index contributed by atoms with van der Waals surface area (Å²) in [4.78, 5) is 27.1. The van der Waals surface area contributed by atoms with E-state index in [2.05, 4.69) is 26.4 Å². The molecule has 0 N–H and O–H groups in total. The standard InChI is InChI=1S/C16H21N5O/c1-3-15-18-6-8-21(15)13-5-4-7-20(10-13)16(22)14-9-17-11-19-12(14)2/h6,8-9,11,13H,3-5,7,10H2,1-2H3/t13-/m1/s1. The minimum atomic E-state index is 0.0287. The summed E-state index contributed by atoms with van der Waals surface area (Å²) in [5.74, 6) is 1.11. The van der Waals surface area contributed by atoms with Gasteiger partial charge in [-0.25, -0.2) is 15.0 Å². The molecule has 0 spiro atoms. The van der Waals surface area contributed by atoms with Crippen molar-refractivity contribution in [1.29, 1.82) is 0 Å². The van der Waals surface area contributed by atoms with Crippen LogP contribution in [0, 0.1) is 6.92 Å². The summed E-state index contributed by atoms with van der Waals surface area (Å²) in [5, 5.41) is 0. The first-order valence-electron chi connectivity index (χ1n) is 7.78. The van der Waals surface area contributed by atoms with Crippen molar-refractivity contribution in [3.63, 3.8) is 0 Å². The Labute approximate surface area is 130 Å². The summed E-state index contributed by atoms with van der Waals surface area (Å²) in [6.45, 7) is 5.47. The van der Waals surface area contributed by atoms with Crippen LogP contribution in [-0.2, 0) is 6.42 Å². The molecule has 0 bridgehead atoms. The van der Waals surface area contributed by atoms with Gasteiger partial charge in [0.15, 0.2) is 0 Å². The van der Waals surface area contributed by atoms with E-state index in [0.717, 1.165) is 43.9 Å². The zero-order valence-electron chi connectivity index (χ0n) is 13.1. The van der Waals surface area contributed by atoms with Crippen molar-refractivity contribution in [2.24, 2.45) is 0 Å². The van der Waals surface area contributed by atoms with Gasteiger partial charge in [0.1, 0.15) is 12.2 Å². The fourth-order valence-electron chi connectivity index (χ4n) is 3.09. The highest BCUT2D eigenvalue weighted by molar-refractivity contribution is 5.94. The number of hydrogen-bond donors (Lipinski definition) is 0. The predicted octanol–water partition coefficient (Wildman–Crippen LogP) is 2.02. The lowest BCUT2D eigenvalue weighted by atomic mass is 10.0. The molecule has 1 aliphatic heterocycles. The molecule has 1 amide bonds. The predicted molar refractivity (Wildman–Crippen MR) is 82.5 cm³/mol. The van der Waals surface area contributed by atoms with E-state index < -0.39 is 0 Å². The van der Waals surface area contributed by atoms with Gasteiger partial charge in [-0.1, -0.05) is 6.92 Å². The Morgan fingerprint density at radius 3 is 3.05 bits per heavy atom. The number of piperidine rings is 1. The highest BCUT2D eigenvalue weighted by Gasteiger charge is 2.27. The van der Waals surface area contributed by atoms with Crippen LogP contribution in [0.4, 0.5) is 0 Å². The van der Waals surface area contributed by atoms with Gasteiger partial charge in [-0.15, -0.1) is 0 Å². The van der Waals surface area contributed by atoms with Gasteiger partial charge in [0.2, 0.25) is 0 Å². The molecule has 0 unspecified atom stereocenters. The summed E-state index contributed by atoms with van der Waals surface area (Å²) >= 11 is 0. The molecule has 3 rings (SSSR count). The lowest BCUT2D eigenvalue weighted by Gasteiger charge is -2.34. The Balaban J connectivity index is 1.79. The highest BCUT2D eigenvalue weighted by Crippen LogP contribution is 2.24. The lowest BCUT2D eigenvalue weighted by Crippen LogP contribution is -2.41. The number of hydrogen-bond acceptors (Lipinski definition) is 4. The minimum Gasteiger partial charge on any atom is -0.336 e. The van der Waals surface area contributed by atoms with Crippen LogP contribution < -0.4 is 0 Å². The number of aryl methyl sites for hydroxylation is 2. The molecule has 0 saturated carbocycles. The van der Waals surface area contributed by atoms with Gasteiger partial charge < -0.3 is 9.47 Å². The van der Waals surface area contributed by atoms with Crippen LogP contribution in [0.25, 0.3) is 0 Å². The molecule has 2 aromatic heterocycles. The van der Waals surface area contributed by atoms with Crippen molar-refractivity contribution < 1.29 is 4.79 Å². The summed E-state index contributed by atoms with van der Waals surface area (Å²) in [6, 6.07) is 0.306. The summed E-state index contributed by atoms with van der Waals surface area (Å²) in [7, 11) is 0. The van der Waals surface area contributed by atoms with Crippen molar-refractivity contribution >= 4 is 5.91 Å². The molecular formula is C16H21N5O.